The lowest BCUT2D eigenvalue weighted by Crippen LogP contribution is -2.31. The number of likely N-dealkylation sites (tertiary alicyclic amines) is 1. The van der Waals surface area contributed by atoms with Crippen molar-refractivity contribution in [1.29, 1.82) is 0 Å². The molecule has 104 valence electrons. The second kappa shape index (κ2) is 5.17. The Morgan fingerprint density at radius 3 is 2.68 bits per heavy atom. The third kappa shape index (κ3) is 3.04. The molecule has 0 aliphatic carbocycles. The molecule has 2 rings (SSSR count). The van der Waals surface area contributed by atoms with Crippen molar-refractivity contribution >= 4 is 11.6 Å². The van der Waals surface area contributed by atoms with Crippen LogP contribution < -0.4 is 11.3 Å². The number of hydrogen-bond acceptors (Lipinski definition) is 4. The minimum Gasteiger partial charge on any atom is -0.337 e. The molecule has 5 heteroatoms. The Hall–Kier alpha value is -1.62. The Morgan fingerprint density at radius 1 is 1.47 bits per heavy atom. The summed E-state index contributed by atoms with van der Waals surface area (Å²) in [4.78, 5) is 18.4. The van der Waals surface area contributed by atoms with Crippen molar-refractivity contribution in [3.05, 3.63) is 24.0 Å². The molecule has 1 aliphatic rings. The maximum absolute atomic E-state index is 12.3. The van der Waals surface area contributed by atoms with Gasteiger partial charge in [-0.15, -0.1) is 0 Å². The number of nitrogen functional groups attached to an aromatic ring is 1. The van der Waals surface area contributed by atoms with Crippen LogP contribution in [0.5, 0.6) is 0 Å². The Balaban J connectivity index is 2.04. The standard InChI is InChI=1S/C14H22N4O/c1-14(2,3)10-6-7-18(9-10)13(19)12-5-4-11(17-15)8-16-12/h4-5,8,10,17H,6-7,9,15H2,1-3H3. The highest BCUT2D eigenvalue weighted by molar-refractivity contribution is 5.92. The van der Waals surface area contributed by atoms with Crippen LogP contribution in [-0.2, 0) is 0 Å². The highest BCUT2D eigenvalue weighted by atomic mass is 16.2. The predicted octanol–water partition coefficient (Wildman–Crippen LogP) is 1.88. The fourth-order valence-corrected chi connectivity index (χ4v) is 2.42. The number of aromatic nitrogens is 1. The number of carbonyl (C=O) groups excluding carboxylic acids is 1. The van der Waals surface area contributed by atoms with E-state index in [0.29, 0.717) is 17.3 Å². The van der Waals surface area contributed by atoms with Gasteiger partial charge in [-0.3, -0.25) is 10.6 Å². The lowest BCUT2D eigenvalue weighted by Gasteiger charge is -2.26. The van der Waals surface area contributed by atoms with Crippen molar-refractivity contribution in [3.8, 4) is 0 Å². The van der Waals surface area contributed by atoms with Gasteiger partial charge in [-0.2, -0.15) is 0 Å². The molecule has 1 amide bonds. The summed E-state index contributed by atoms with van der Waals surface area (Å²) >= 11 is 0. The number of nitrogens with one attached hydrogen (secondary N) is 1. The topological polar surface area (TPSA) is 71.2 Å². The van der Waals surface area contributed by atoms with Crippen molar-refractivity contribution in [2.45, 2.75) is 27.2 Å². The van der Waals surface area contributed by atoms with Crippen molar-refractivity contribution < 1.29 is 4.79 Å². The summed E-state index contributed by atoms with van der Waals surface area (Å²) in [5, 5.41) is 0. The first-order chi connectivity index (χ1) is 8.91. The molecule has 0 radical (unpaired) electrons. The zero-order valence-electron chi connectivity index (χ0n) is 11.8. The Bertz CT molecular complexity index is 450. The van der Waals surface area contributed by atoms with Gasteiger partial charge in [-0.05, 0) is 29.9 Å². The van der Waals surface area contributed by atoms with Crippen LogP contribution in [-0.4, -0.2) is 28.9 Å². The molecule has 19 heavy (non-hydrogen) atoms. The zero-order valence-corrected chi connectivity index (χ0v) is 11.8. The normalized spacial score (nSPS) is 19.6. The number of hydrogen-bond donors (Lipinski definition) is 2. The molecule has 1 saturated heterocycles. The largest absolute Gasteiger partial charge is 0.337 e. The summed E-state index contributed by atoms with van der Waals surface area (Å²) in [7, 11) is 0. The van der Waals surface area contributed by atoms with Crippen LogP contribution in [0.3, 0.4) is 0 Å². The summed E-state index contributed by atoms with van der Waals surface area (Å²) in [6, 6.07) is 3.47. The molecule has 1 aromatic heterocycles. The van der Waals surface area contributed by atoms with Crippen molar-refractivity contribution in [2.75, 3.05) is 18.5 Å². The average Bonchev–Trinajstić information content (AvgIpc) is 2.87. The minimum absolute atomic E-state index is 0.00956. The molecule has 0 spiro atoms. The average molecular weight is 262 g/mol. The molecule has 3 N–H and O–H groups in total. The maximum Gasteiger partial charge on any atom is 0.272 e. The van der Waals surface area contributed by atoms with E-state index in [-0.39, 0.29) is 11.3 Å². The second-order valence-electron chi connectivity index (χ2n) is 6.18. The molecular formula is C14H22N4O. The smallest absolute Gasteiger partial charge is 0.272 e. The van der Waals surface area contributed by atoms with Gasteiger partial charge in [-0.25, -0.2) is 4.98 Å². The number of carbonyl (C=O) groups is 1. The number of amides is 1. The van der Waals surface area contributed by atoms with E-state index in [1.807, 2.05) is 4.90 Å². The first-order valence-electron chi connectivity index (χ1n) is 6.64. The van der Waals surface area contributed by atoms with Gasteiger partial charge in [-0.1, -0.05) is 20.8 Å². The number of nitrogens with zero attached hydrogens (tertiary/aromatic N) is 2. The number of anilines is 1. The van der Waals surface area contributed by atoms with E-state index in [4.69, 9.17) is 5.84 Å². The van der Waals surface area contributed by atoms with E-state index in [1.54, 1.807) is 18.3 Å². The van der Waals surface area contributed by atoms with Gasteiger partial charge < -0.3 is 10.3 Å². The summed E-state index contributed by atoms with van der Waals surface area (Å²) in [6.45, 7) is 8.32. The Morgan fingerprint density at radius 2 is 2.21 bits per heavy atom. The van der Waals surface area contributed by atoms with Crippen LogP contribution >= 0.6 is 0 Å². The lowest BCUT2D eigenvalue weighted by atomic mass is 9.80. The second-order valence-corrected chi connectivity index (χ2v) is 6.18. The van der Waals surface area contributed by atoms with E-state index in [1.165, 1.54) is 0 Å². The molecular weight excluding hydrogens is 240 g/mol. The van der Waals surface area contributed by atoms with E-state index < -0.39 is 0 Å². The van der Waals surface area contributed by atoms with Crippen LogP contribution in [0.1, 0.15) is 37.7 Å². The van der Waals surface area contributed by atoms with Crippen LogP contribution in [0, 0.1) is 11.3 Å². The molecule has 1 fully saturated rings. The first kappa shape index (κ1) is 13.8. The van der Waals surface area contributed by atoms with Gasteiger partial charge in [0, 0.05) is 13.1 Å². The number of rotatable bonds is 2. The van der Waals surface area contributed by atoms with Crippen LogP contribution in [0.4, 0.5) is 5.69 Å². The summed E-state index contributed by atoms with van der Waals surface area (Å²) in [5.74, 6) is 5.85. The molecule has 0 bridgehead atoms. The fourth-order valence-electron chi connectivity index (χ4n) is 2.42. The van der Waals surface area contributed by atoms with Gasteiger partial charge in [0.2, 0.25) is 0 Å². The number of hydrazine groups is 1. The number of pyridine rings is 1. The maximum atomic E-state index is 12.3. The van der Waals surface area contributed by atoms with Crippen LogP contribution in [0.15, 0.2) is 18.3 Å². The zero-order chi connectivity index (χ0) is 14.0. The Kier molecular flexibility index (Phi) is 3.75. The van der Waals surface area contributed by atoms with Crippen molar-refractivity contribution in [2.24, 2.45) is 17.2 Å². The Labute approximate surface area is 114 Å². The fraction of sp³-hybridized carbons (Fsp3) is 0.571. The van der Waals surface area contributed by atoms with E-state index in [0.717, 1.165) is 19.5 Å². The molecule has 0 saturated carbocycles. The summed E-state index contributed by atoms with van der Waals surface area (Å²) < 4.78 is 0. The third-order valence-corrected chi connectivity index (χ3v) is 3.85. The van der Waals surface area contributed by atoms with E-state index >= 15 is 0 Å². The molecule has 1 aliphatic heterocycles. The third-order valence-electron chi connectivity index (χ3n) is 3.85. The SMILES string of the molecule is CC(C)(C)C1CCN(C(=O)c2ccc(NN)cn2)C1. The van der Waals surface area contributed by atoms with Gasteiger partial charge in [0.25, 0.3) is 5.91 Å². The van der Waals surface area contributed by atoms with Gasteiger partial charge in [0.15, 0.2) is 0 Å². The van der Waals surface area contributed by atoms with Gasteiger partial charge in [0.1, 0.15) is 5.69 Å². The van der Waals surface area contributed by atoms with Crippen LogP contribution in [0.25, 0.3) is 0 Å². The molecule has 5 nitrogen and oxygen atoms in total. The highest BCUT2D eigenvalue weighted by Gasteiger charge is 2.34. The van der Waals surface area contributed by atoms with Gasteiger partial charge >= 0.3 is 0 Å². The van der Waals surface area contributed by atoms with Crippen molar-refractivity contribution in [1.82, 2.24) is 9.88 Å². The van der Waals surface area contributed by atoms with E-state index in [9.17, 15) is 4.79 Å². The van der Waals surface area contributed by atoms with E-state index in [2.05, 4.69) is 31.2 Å². The molecule has 1 unspecified atom stereocenters. The predicted molar refractivity (Wildman–Crippen MR) is 75.5 cm³/mol. The molecule has 1 aromatic rings. The molecule has 1 atom stereocenters. The van der Waals surface area contributed by atoms with Crippen molar-refractivity contribution in [3.63, 3.8) is 0 Å². The summed E-state index contributed by atoms with van der Waals surface area (Å²) in [5.41, 5.74) is 3.93. The van der Waals surface area contributed by atoms with Gasteiger partial charge in [0.05, 0.1) is 11.9 Å². The highest BCUT2D eigenvalue weighted by Crippen LogP contribution is 2.33. The minimum atomic E-state index is 0.00956. The summed E-state index contributed by atoms with van der Waals surface area (Å²) in [6.07, 6.45) is 2.64. The number of nitrogens with two attached hydrogens (primary N) is 1. The first-order valence-corrected chi connectivity index (χ1v) is 6.64. The molecule has 0 aromatic carbocycles. The van der Waals surface area contributed by atoms with Crippen LogP contribution in [0.2, 0.25) is 0 Å². The molecule has 2 heterocycles. The monoisotopic (exact) mass is 262 g/mol. The quantitative estimate of drug-likeness (QED) is 0.630. The lowest BCUT2D eigenvalue weighted by molar-refractivity contribution is 0.0771.